The number of carbonyl (C=O) groups is 1. The zero-order chi connectivity index (χ0) is 20.1. The zero-order valence-corrected chi connectivity index (χ0v) is 17.8. The Balaban J connectivity index is 1.26. The second kappa shape index (κ2) is 9.23. The van der Waals surface area contributed by atoms with Crippen molar-refractivity contribution < 1.29 is 4.79 Å². The molecule has 1 aliphatic heterocycles. The molecule has 1 N–H and O–H groups in total. The lowest BCUT2D eigenvalue weighted by molar-refractivity contribution is -0.131. The number of aromatic nitrogens is 1. The Labute approximate surface area is 178 Å². The molecule has 2 aliphatic rings. The van der Waals surface area contributed by atoms with Gasteiger partial charge in [-0.05, 0) is 43.2 Å². The van der Waals surface area contributed by atoms with Gasteiger partial charge in [0.15, 0.2) is 0 Å². The van der Waals surface area contributed by atoms with Crippen molar-refractivity contribution in [1.29, 1.82) is 0 Å². The van der Waals surface area contributed by atoms with Gasteiger partial charge in [0, 0.05) is 62.4 Å². The Morgan fingerprint density at radius 2 is 1.72 bits per heavy atom. The first kappa shape index (κ1) is 20.3. The second-order valence-corrected chi connectivity index (χ2v) is 8.68. The highest BCUT2D eigenvalue weighted by molar-refractivity contribution is 6.30. The third-order valence-electron chi connectivity index (χ3n) is 6.46. The molecule has 0 radical (unpaired) electrons. The summed E-state index contributed by atoms with van der Waals surface area (Å²) in [5.41, 5.74) is 0.795. The van der Waals surface area contributed by atoms with Crippen molar-refractivity contribution in [3.8, 4) is 0 Å². The standard InChI is InChI=1S/C23H31ClN4O/c24-20-7-6-8-21(19-20)27-17-15-26(16-18-27)14-11-25-22(29)23(9-2-1-3-10-23)28-12-4-5-13-28/h4-8,12-13,19H,1-3,9-11,14-18H2,(H,25,29). The Morgan fingerprint density at radius 1 is 1.00 bits per heavy atom. The SMILES string of the molecule is O=C(NCCN1CCN(c2cccc(Cl)c2)CC1)C1(n2cccc2)CCCCC1. The molecule has 1 aromatic carbocycles. The maximum atomic E-state index is 13.2. The van der Waals surface area contributed by atoms with E-state index in [1.54, 1.807) is 0 Å². The van der Waals surface area contributed by atoms with Gasteiger partial charge in [-0.3, -0.25) is 9.69 Å². The largest absolute Gasteiger partial charge is 0.369 e. The molecule has 4 rings (SSSR count). The molecule has 0 bridgehead atoms. The Bertz CT molecular complexity index is 793. The first-order valence-corrected chi connectivity index (χ1v) is 11.2. The molecule has 2 aromatic rings. The lowest BCUT2D eigenvalue weighted by atomic mass is 9.80. The van der Waals surface area contributed by atoms with Crippen molar-refractivity contribution in [2.75, 3.05) is 44.2 Å². The molecule has 0 unspecified atom stereocenters. The summed E-state index contributed by atoms with van der Waals surface area (Å²) in [7, 11) is 0. The number of amides is 1. The van der Waals surface area contributed by atoms with Crippen LogP contribution >= 0.6 is 11.6 Å². The summed E-state index contributed by atoms with van der Waals surface area (Å²) in [6.45, 7) is 5.59. The van der Waals surface area contributed by atoms with Gasteiger partial charge in [0.1, 0.15) is 5.54 Å². The van der Waals surface area contributed by atoms with Crippen LogP contribution in [0.4, 0.5) is 5.69 Å². The molecule has 29 heavy (non-hydrogen) atoms. The van der Waals surface area contributed by atoms with Crippen molar-refractivity contribution >= 4 is 23.2 Å². The van der Waals surface area contributed by atoms with Crippen LogP contribution in [-0.2, 0) is 10.3 Å². The summed E-state index contributed by atoms with van der Waals surface area (Å²) in [6, 6.07) is 12.1. The molecule has 0 spiro atoms. The maximum Gasteiger partial charge on any atom is 0.246 e. The van der Waals surface area contributed by atoms with E-state index in [9.17, 15) is 4.79 Å². The van der Waals surface area contributed by atoms with Crippen molar-refractivity contribution in [2.24, 2.45) is 0 Å². The number of halogens is 1. The number of nitrogens with one attached hydrogen (secondary N) is 1. The van der Waals surface area contributed by atoms with Crippen molar-refractivity contribution in [1.82, 2.24) is 14.8 Å². The molecular formula is C23H31ClN4O. The van der Waals surface area contributed by atoms with Gasteiger partial charge in [-0.25, -0.2) is 0 Å². The monoisotopic (exact) mass is 414 g/mol. The van der Waals surface area contributed by atoms with Crippen LogP contribution in [0.3, 0.4) is 0 Å². The molecule has 1 saturated heterocycles. The van der Waals surface area contributed by atoms with Crippen molar-refractivity contribution in [3.05, 3.63) is 53.8 Å². The third kappa shape index (κ3) is 4.62. The molecule has 2 fully saturated rings. The summed E-state index contributed by atoms with van der Waals surface area (Å²) in [4.78, 5) is 18.0. The summed E-state index contributed by atoms with van der Waals surface area (Å²) in [5, 5.41) is 4.03. The van der Waals surface area contributed by atoms with Gasteiger partial charge in [-0.15, -0.1) is 0 Å². The molecule has 5 nitrogen and oxygen atoms in total. The molecule has 1 amide bonds. The van der Waals surface area contributed by atoms with Crippen LogP contribution in [0.2, 0.25) is 5.02 Å². The van der Waals surface area contributed by atoms with E-state index >= 15 is 0 Å². The number of anilines is 1. The highest BCUT2D eigenvalue weighted by Gasteiger charge is 2.40. The van der Waals surface area contributed by atoms with Gasteiger partial charge in [-0.1, -0.05) is 36.9 Å². The van der Waals surface area contributed by atoms with E-state index in [4.69, 9.17) is 11.6 Å². The molecule has 156 valence electrons. The molecule has 0 atom stereocenters. The number of benzene rings is 1. The molecule has 1 aromatic heterocycles. The van der Waals surface area contributed by atoms with Gasteiger partial charge >= 0.3 is 0 Å². The van der Waals surface area contributed by atoms with Gasteiger partial charge in [0.25, 0.3) is 0 Å². The maximum absolute atomic E-state index is 13.2. The minimum atomic E-state index is -0.396. The lowest BCUT2D eigenvalue weighted by Crippen LogP contribution is -2.52. The Morgan fingerprint density at radius 3 is 2.41 bits per heavy atom. The Hall–Kier alpha value is -1.98. The smallest absolute Gasteiger partial charge is 0.246 e. The number of piperazine rings is 1. The fourth-order valence-electron chi connectivity index (χ4n) is 4.75. The Kier molecular flexibility index (Phi) is 6.46. The molecule has 6 heteroatoms. The predicted molar refractivity (Wildman–Crippen MR) is 119 cm³/mol. The highest BCUT2D eigenvalue weighted by atomic mass is 35.5. The average Bonchev–Trinajstić information content (AvgIpc) is 3.30. The topological polar surface area (TPSA) is 40.5 Å². The van der Waals surface area contributed by atoms with Crippen LogP contribution in [0.15, 0.2) is 48.8 Å². The first-order valence-electron chi connectivity index (χ1n) is 10.8. The number of carbonyl (C=O) groups excluding carboxylic acids is 1. The van der Waals surface area contributed by atoms with E-state index in [0.717, 1.165) is 63.4 Å². The zero-order valence-electron chi connectivity index (χ0n) is 17.0. The van der Waals surface area contributed by atoms with Gasteiger partial charge in [0.2, 0.25) is 5.91 Å². The molecular weight excluding hydrogens is 384 g/mol. The average molecular weight is 415 g/mol. The molecule has 1 saturated carbocycles. The third-order valence-corrected chi connectivity index (χ3v) is 6.70. The van der Waals surface area contributed by atoms with Crippen molar-refractivity contribution in [3.63, 3.8) is 0 Å². The van der Waals surface area contributed by atoms with Crippen molar-refractivity contribution in [2.45, 2.75) is 37.6 Å². The minimum Gasteiger partial charge on any atom is -0.369 e. The van der Waals surface area contributed by atoms with E-state index in [-0.39, 0.29) is 5.91 Å². The van der Waals surface area contributed by atoms with Gasteiger partial charge in [-0.2, -0.15) is 0 Å². The van der Waals surface area contributed by atoms with Crippen LogP contribution in [0.5, 0.6) is 0 Å². The second-order valence-electron chi connectivity index (χ2n) is 8.25. The van der Waals surface area contributed by atoms with E-state index in [0.29, 0.717) is 6.54 Å². The number of hydrogen-bond donors (Lipinski definition) is 1. The molecule has 1 aliphatic carbocycles. The van der Waals surface area contributed by atoms with Crippen LogP contribution in [-0.4, -0.2) is 54.6 Å². The summed E-state index contributed by atoms with van der Waals surface area (Å²) >= 11 is 6.12. The van der Waals surface area contributed by atoms with Crippen LogP contribution in [0, 0.1) is 0 Å². The number of nitrogens with zero attached hydrogens (tertiary/aromatic N) is 3. The summed E-state index contributed by atoms with van der Waals surface area (Å²) in [6.07, 6.45) is 9.43. The number of rotatable bonds is 6. The summed E-state index contributed by atoms with van der Waals surface area (Å²) < 4.78 is 2.13. The fraction of sp³-hybridized carbons (Fsp3) is 0.522. The van der Waals surface area contributed by atoms with Crippen LogP contribution in [0.25, 0.3) is 0 Å². The van der Waals surface area contributed by atoms with E-state index in [1.165, 1.54) is 12.1 Å². The fourth-order valence-corrected chi connectivity index (χ4v) is 4.94. The van der Waals surface area contributed by atoms with Gasteiger partial charge < -0.3 is 14.8 Å². The van der Waals surface area contributed by atoms with E-state index in [1.807, 2.05) is 42.7 Å². The van der Waals surface area contributed by atoms with Crippen LogP contribution in [0.1, 0.15) is 32.1 Å². The lowest BCUT2D eigenvalue weighted by Gasteiger charge is -2.38. The van der Waals surface area contributed by atoms with E-state index < -0.39 is 5.54 Å². The predicted octanol–water partition coefficient (Wildman–Crippen LogP) is 3.74. The summed E-state index contributed by atoms with van der Waals surface area (Å²) in [5.74, 6) is 0.186. The minimum absolute atomic E-state index is 0.186. The quantitative estimate of drug-likeness (QED) is 0.782. The molecule has 2 heterocycles. The first-order chi connectivity index (χ1) is 14.2. The normalized spacial score (nSPS) is 19.8. The van der Waals surface area contributed by atoms with Gasteiger partial charge in [0.05, 0.1) is 0 Å². The van der Waals surface area contributed by atoms with E-state index in [2.05, 4.69) is 25.8 Å². The van der Waals surface area contributed by atoms with Crippen LogP contribution < -0.4 is 10.2 Å². The highest BCUT2D eigenvalue weighted by Crippen LogP contribution is 2.35. The number of hydrogen-bond acceptors (Lipinski definition) is 3.